The highest BCUT2D eigenvalue weighted by atomic mass is 16.6. The van der Waals surface area contributed by atoms with E-state index in [0.717, 1.165) is 0 Å². The highest BCUT2D eigenvalue weighted by molar-refractivity contribution is 5.92. The maximum Gasteiger partial charge on any atom is 0.338 e. The predicted octanol–water partition coefficient (Wildman–Crippen LogP) is 2.41. The van der Waals surface area contributed by atoms with Crippen molar-refractivity contribution in [3.8, 4) is 6.07 Å². The van der Waals surface area contributed by atoms with Gasteiger partial charge < -0.3 is 15.2 Å². The van der Waals surface area contributed by atoms with Crippen LogP contribution in [-0.4, -0.2) is 17.5 Å². The van der Waals surface area contributed by atoms with Gasteiger partial charge in [-0.2, -0.15) is 5.26 Å². The SMILES string of the molecule is C=CCOC(=O)C1=C(C)OC(N)=C(C#N)[C@H]1c1ccc([N+](=O)[O-])cc1. The van der Waals surface area contributed by atoms with Gasteiger partial charge >= 0.3 is 5.97 Å². The number of hydrogen-bond acceptors (Lipinski definition) is 7. The van der Waals surface area contributed by atoms with E-state index in [4.69, 9.17) is 15.2 Å². The van der Waals surface area contributed by atoms with Crippen molar-refractivity contribution >= 4 is 11.7 Å². The van der Waals surface area contributed by atoms with Crippen LogP contribution in [0.5, 0.6) is 0 Å². The zero-order chi connectivity index (χ0) is 18.6. The Morgan fingerprint density at radius 2 is 2.16 bits per heavy atom. The lowest BCUT2D eigenvalue weighted by atomic mass is 9.83. The minimum Gasteiger partial charge on any atom is -0.458 e. The fraction of sp³-hybridized carbons (Fsp3) is 0.176. The minimum atomic E-state index is -0.836. The molecule has 1 heterocycles. The number of hydrogen-bond donors (Lipinski definition) is 1. The van der Waals surface area contributed by atoms with Gasteiger partial charge in [-0.15, -0.1) is 0 Å². The number of nitro groups is 1. The first-order chi connectivity index (χ1) is 11.9. The summed E-state index contributed by atoms with van der Waals surface area (Å²) in [7, 11) is 0. The van der Waals surface area contributed by atoms with E-state index in [9.17, 15) is 20.2 Å². The van der Waals surface area contributed by atoms with Crippen LogP contribution in [0.1, 0.15) is 18.4 Å². The summed E-state index contributed by atoms with van der Waals surface area (Å²) in [6, 6.07) is 7.44. The third-order valence-corrected chi connectivity index (χ3v) is 3.60. The van der Waals surface area contributed by atoms with Crippen LogP contribution in [-0.2, 0) is 14.3 Å². The molecular weight excluding hydrogens is 326 g/mol. The van der Waals surface area contributed by atoms with Crippen molar-refractivity contribution in [3.05, 3.63) is 75.4 Å². The highest BCUT2D eigenvalue weighted by Gasteiger charge is 2.36. The second-order valence-corrected chi connectivity index (χ2v) is 5.13. The third-order valence-electron chi connectivity index (χ3n) is 3.60. The Kier molecular flexibility index (Phi) is 5.19. The number of allylic oxidation sites excluding steroid dienone is 2. The van der Waals surface area contributed by atoms with Gasteiger partial charge in [-0.3, -0.25) is 10.1 Å². The van der Waals surface area contributed by atoms with Crippen LogP contribution in [0.15, 0.2) is 59.7 Å². The molecule has 1 aromatic rings. The van der Waals surface area contributed by atoms with E-state index in [-0.39, 0.29) is 35.1 Å². The molecule has 0 unspecified atom stereocenters. The summed E-state index contributed by atoms with van der Waals surface area (Å²) < 4.78 is 10.4. The van der Waals surface area contributed by atoms with Crippen molar-refractivity contribution in [3.63, 3.8) is 0 Å². The molecular formula is C17H15N3O5. The van der Waals surface area contributed by atoms with Crippen LogP contribution in [0.25, 0.3) is 0 Å². The van der Waals surface area contributed by atoms with Gasteiger partial charge in [0.05, 0.1) is 16.4 Å². The highest BCUT2D eigenvalue weighted by Crippen LogP contribution is 2.39. The number of nitro benzene ring substituents is 1. The number of benzene rings is 1. The molecule has 0 aliphatic carbocycles. The first kappa shape index (κ1) is 17.7. The smallest absolute Gasteiger partial charge is 0.338 e. The summed E-state index contributed by atoms with van der Waals surface area (Å²) in [5.74, 6) is -1.43. The van der Waals surface area contributed by atoms with Gasteiger partial charge in [0.2, 0.25) is 5.88 Å². The predicted molar refractivity (Wildman–Crippen MR) is 87.6 cm³/mol. The second kappa shape index (κ2) is 7.31. The molecule has 0 fully saturated rings. The van der Waals surface area contributed by atoms with Crippen LogP contribution in [0.3, 0.4) is 0 Å². The number of rotatable bonds is 5. The van der Waals surface area contributed by atoms with E-state index in [1.807, 2.05) is 6.07 Å². The van der Waals surface area contributed by atoms with Crippen molar-refractivity contribution in [1.29, 1.82) is 5.26 Å². The third kappa shape index (κ3) is 3.50. The molecule has 2 rings (SSSR count). The molecule has 8 nitrogen and oxygen atoms in total. The van der Waals surface area contributed by atoms with E-state index in [2.05, 4.69) is 6.58 Å². The number of carbonyl (C=O) groups excluding carboxylic acids is 1. The molecule has 0 amide bonds. The van der Waals surface area contributed by atoms with Gasteiger partial charge in [0.25, 0.3) is 5.69 Å². The Morgan fingerprint density at radius 1 is 1.52 bits per heavy atom. The van der Waals surface area contributed by atoms with Crippen LogP contribution in [0.2, 0.25) is 0 Å². The maximum absolute atomic E-state index is 12.4. The number of nitrogens with two attached hydrogens (primary N) is 1. The Labute approximate surface area is 143 Å². The van der Waals surface area contributed by atoms with Crippen molar-refractivity contribution < 1.29 is 19.2 Å². The summed E-state index contributed by atoms with van der Waals surface area (Å²) in [6.45, 7) is 4.99. The van der Waals surface area contributed by atoms with Gasteiger partial charge in [0.1, 0.15) is 24.0 Å². The van der Waals surface area contributed by atoms with Crippen molar-refractivity contribution in [2.24, 2.45) is 5.73 Å². The molecule has 0 aromatic heterocycles. The maximum atomic E-state index is 12.4. The normalized spacial score (nSPS) is 16.7. The number of non-ortho nitro benzene ring substituents is 1. The van der Waals surface area contributed by atoms with Crippen LogP contribution in [0.4, 0.5) is 5.69 Å². The summed E-state index contributed by atoms with van der Waals surface area (Å²) in [5, 5.41) is 20.2. The Balaban J connectivity index is 2.54. The van der Waals surface area contributed by atoms with E-state index in [0.29, 0.717) is 5.56 Å². The van der Waals surface area contributed by atoms with E-state index >= 15 is 0 Å². The molecule has 0 saturated carbocycles. The van der Waals surface area contributed by atoms with Gasteiger partial charge in [-0.05, 0) is 12.5 Å². The fourth-order valence-corrected chi connectivity index (χ4v) is 2.48. The van der Waals surface area contributed by atoms with Crippen LogP contribution in [0, 0.1) is 21.4 Å². The molecule has 8 heteroatoms. The van der Waals surface area contributed by atoms with Gasteiger partial charge in [0.15, 0.2) is 0 Å². The van der Waals surface area contributed by atoms with Gasteiger partial charge in [0, 0.05) is 12.1 Å². The number of nitriles is 1. The van der Waals surface area contributed by atoms with Crippen molar-refractivity contribution in [2.75, 3.05) is 6.61 Å². The van der Waals surface area contributed by atoms with E-state index < -0.39 is 16.8 Å². The first-order valence-electron chi connectivity index (χ1n) is 7.21. The lowest BCUT2D eigenvalue weighted by Crippen LogP contribution is -2.25. The molecule has 0 bridgehead atoms. The number of esters is 1. The Hall–Kier alpha value is -3.60. The Bertz CT molecular complexity index is 831. The molecule has 1 aliphatic heterocycles. The number of nitrogens with zero attached hydrogens (tertiary/aromatic N) is 2. The van der Waals surface area contributed by atoms with Gasteiger partial charge in [-0.25, -0.2) is 4.79 Å². The molecule has 128 valence electrons. The molecule has 0 radical (unpaired) electrons. The molecule has 0 spiro atoms. The van der Waals surface area contributed by atoms with Crippen LogP contribution >= 0.6 is 0 Å². The van der Waals surface area contributed by atoms with Gasteiger partial charge in [-0.1, -0.05) is 24.8 Å². The molecule has 25 heavy (non-hydrogen) atoms. The zero-order valence-electron chi connectivity index (χ0n) is 13.4. The number of ether oxygens (including phenoxy) is 2. The average molecular weight is 341 g/mol. The zero-order valence-corrected chi connectivity index (χ0v) is 13.4. The largest absolute Gasteiger partial charge is 0.458 e. The molecule has 1 aromatic carbocycles. The molecule has 1 atom stereocenters. The van der Waals surface area contributed by atoms with Crippen molar-refractivity contribution in [2.45, 2.75) is 12.8 Å². The Morgan fingerprint density at radius 3 is 2.68 bits per heavy atom. The lowest BCUT2D eigenvalue weighted by molar-refractivity contribution is -0.384. The topological polar surface area (TPSA) is 128 Å². The second-order valence-electron chi connectivity index (χ2n) is 5.13. The quantitative estimate of drug-likeness (QED) is 0.377. The number of carbonyl (C=O) groups is 1. The summed E-state index contributed by atoms with van der Waals surface area (Å²) in [5.41, 5.74) is 6.29. The molecule has 2 N–H and O–H groups in total. The monoisotopic (exact) mass is 341 g/mol. The van der Waals surface area contributed by atoms with E-state index in [1.54, 1.807) is 0 Å². The summed E-state index contributed by atoms with van der Waals surface area (Å²) in [6.07, 6.45) is 1.41. The first-order valence-corrected chi connectivity index (χ1v) is 7.21. The van der Waals surface area contributed by atoms with E-state index in [1.165, 1.54) is 37.3 Å². The summed E-state index contributed by atoms with van der Waals surface area (Å²) in [4.78, 5) is 22.7. The van der Waals surface area contributed by atoms with Crippen molar-refractivity contribution in [1.82, 2.24) is 0 Å². The van der Waals surface area contributed by atoms with Crippen LogP contribution < -0.4 is 5.73 Å². The fourth-order valence-electron chi connectivity index (χ4n) is 2.48. The lowest BCUT2D eigenvalue weighted by Gasteiger charge is -2.26. The average Bonchev–Trinajstić information content (AvgIpc) is 2.59. The molecule has 1 aliphatic rings. The standard InChI is InChI=1S/C17H15N3O5/c1-3-8-24-17(21)14-10(2)25-16(19)13(9-18)15(14)11-4-6-12(7-5-11)20(22)23/h3-7,15H,1,8,19H2,2H3/t15-/m1/s1. The minimum absolute atomic E-state index is 0.0102. The molecule has 0 saturated heterocycles. The summed E-state index contributed by atoms with van der Waals surface area (Å²) >= 11 is 0.